The Kier molecular flexibility index (Phi) is 6.89. The van der Waals surface area contributed by atoms with Crippen molar-refractivity contribution in [1.82, 2.24) is 0 Å². The van der Waals surface area contributed by atoms with Crippen LogP contribution in [0.5, 0.6) is 0 Å². The molecule has 0 aliphatic carbocycles. The van der Waals surface area contributed by atoms with E-state index in [1.54, 1.807) is 0 Å². The Morgan fingerprint density at radius 3 is 2.82 bits per heavy atom. The summed E-state index contributed by atoms with van der Waals surface area (Å²) in [6.07, 6.45) is 0.764. The molecule has 0 aliphatic rings. The molecule has 65 valence electrons. The largest absolute Gasteiger partial charge is 0.465 e. The van der Waals surface area contributed by atoms with Crippen molar-refractivity contribution in [2.45, 2.75) is 19.0 Å². The number of hydrogen-bond acceptors (Lipinski definition) is 3. The summed E-state index contributed by atoms with van der Waals surface area (Å²) in [6.45, 7) is 2.24. The normalized spacial score (nSPS) is 10.2. The van der Waals surface area contributed by atoms with Gasteiger partial charge < -0.3 is 9.53 Å². The van der Waals surface area contributed by atoms with Gasteiger partial charge in [-0.05, 0) is 19.0 Å². The topological polar surface area (TPSA) is 46.5 Å². The highest BCUT2D eigenvalue weighted by Crippen LogP contribution is 1.95. The first-order valence-electron chi connectivity index (χ1n) is 3.39. The van der Waals surface area contributed by atoms with Crippen LogP contribution in [0.25, 0.3) is 0 Å². The molecule has 0 aromatic heterocycles. The van der Waals surface area contributed by atoms with Crippen LogP contribution in [0.4, 0.5) is 0 Å². The van der Waals surface area contributed by atoms with Crippen molar-refractivity contribution >= 4 is 30.9 Å². The highest BCUT2D eigenvalue weighted by Gasteiger charge is 2.01. The third kappa shape index (κ3) is 8.03. The summed E-state index contributed by atoms with van der Waals surface area (Å²) in [5, 5.41) is 0.246. The van der Waals surface area contributed by atoms with E-state index >= 15 is 0 Å². The van der Waals surface area contributed by atoms with E-state index in [0.29, 0.717) is 6.61 Å². The standard InChI is InChI=1S/C6H12BrO3Si/c1-11(9)4-2-3-10-6(8)5-7/h9H,2-5H2,1H3. The second kappa shape index (κ2) is 6.81. The second-order valence-corrected chi connectivity index (χ2v) is 4.72. The fraction of sp³-hybridized carbons (Fsp3) is 0.833. The van der Waals surface area contributed by atoms with Crippen molar-refractivity contribution in [3.63, 3.8) is 0 Å². The fourth-order valence-corrected chi connectivity index (χ4v) is 1.37. The van der Waals surface area contributed by atoms with Crippen LogP contribution in [-0.2, 0) is 9.53 Å². The summed E-state index contributed by atoms with van der Waals surface area (Å²) in [4.78, 5) is 19.5. The maximum Gasteiger partial charge on any atom is 0.316 e. The van der Waals surface area contributed by atoms with E-state index in [9.17, 15) is 4.79 Å². The van der Waals surface area contributed by atoms with E-state index in [1.807, 2.05) is 6.55 Å². The molecule has 0 saturated carbocycles. The highest BCUT2D eigenvalue weighted by atomic mass is 79.9. The predicted octanol–water partition coefficient (Wildman–Crippen LogP) is 0.928. The average Bonchev–Trinajstić information content (AvgIpc) is 1.97. The second-order valence-electron chi connectivity index (χ2n) is 2.19. The molecule has 0 fully saturated rings. The first-order chi connectivity index (χ1) is 5.16. The van der Waals surface area contributed by atoms with Crippen LogP contribution in [0.15, 0.2) is 0 Å². The zero-order valence-electron chi connectivity index (χ0n) is 6.47. The Labute approximate surface area is 76.6 Å². The summed E-state index contributed by atoms with van der Waals surface area (Å²) in [5.74, 6) is -0.243. The maximum absolute atomic E-state index is 10.5. The lowest BCUT2D eigenvalue weighted by Crippen LogP contribution is -2.10. The van der Waals surface area contributed by atoms with Crippen LogP contribution in [0.1, 0.15) is 6.42 Å². The summed E-state index contributed by atoms with van der Waals surface area (Å²) >= 11 is 2.98. The van der Waals surface area contributed by atoms with Crippen molar-refractivity contribution < 1.29 is 14.3 Å². The van der Waals surface area contributed by atoms with Crippen LogP contribution in [-0.4, -0.2) is 31.7 Å². The van der Waals surface area contributed by atoms with Gasteiger partial charge in [-0.1, -0.05) is 15.9 Å². The van der Waals surface area contributed by atoms with E-state index in [1.165, 1.54) is 0 Å². The minimum Gasteiger partial charge on any atom is -0.465 e. The summed E-state index contributed by atoms with van der Waals surface area (Å²) in [6, 6.07) is 0.778. The molecule has 1 radical (unpaired) electrons. The van der Waals surface area contributed by atoms with Crippen molar-refractivity contribution in [3.8, 4) is 0 Å². The van der Waals surface area contributed by atoms with Gasteiger partial charge in [0.25, 0.3) is 0 Å². The Balaban J connectivity index is 3.08. The van der Waals surface area contributed by atoms with Crippen LogP contribution in [0, 0.1) is 0 Å². The molecule has 11 heavy (non-hydrogen) atoms. The number of hydrogen-bond donors (Lipinski definition) is 1. The predicted molar refractivity (Wildman–Crippen MR) is 48.0 cm³/mol. The number of rotatable bonds is 5. The number of esters is 1. The molecule has 0 spiro atoms. The first kappa shape index (κ1) is 11.1. The van der Waals surface area contributed by atoms with Gasteiger partial charge in [-0.25, -0.2) is 0 Å². The summed E-state index contributed by atoms with van der Waals surface area (Å²) in [5.41, 5.74) is 0. The molecule has 0 aromatic rings. The zero-order valence-corrected chi connectivity index (χ0v) is 9.06. The van der Waals surface area contributed by atoms with Gasteiger partial charge in [-0.3, -0.25) is 4.79 Å². The van der Waals surface area contributed by atoms with Crippen molar-refractivity contribution in [2.75, 3.05) is 11.9 Å². The summed E-state index contributed by atoms with van der Waals surface area (Å²) in [7, 11) is -1.14. The molecule has 0 atom stereocenters. The highest BCUT2D eigenvalue weighted by molar-refractivity contribution is 9.09. The Morgan fingerprint density at radius 2 is 2.36 bits per heavy atom. The van der Waals surface area contributed by atoms with E-state index in [2.05, 4.69) is 15.9 Å². The number of carbonyl (C=O) groups excluding carboxylic acids is 1. The lowest BCUT2D eigenvalue weighted by Gasteiger charge is -2.02. The molecule has 0 bridgehead atoms. The van der Waals surface area contributed by atoms with Gasteiger partial charge in [0.15, 0.2) is 0 Å². The lowest BCUT2D eigenvalue weighted by molar-refractivity contribution is -0.140. The summed E-state index contributed by atoms with van der Waals surface area (Å²) < 4.78 is 4.76. The molecule has 0 unspecified atom stereocenters. The third-order valence-corrected chi connectivity index (χ3v) is 2.59. The number of alkyl halides is 1. The molecule has 0 amide bonds. The molecular formula is C6H12BrO3Si. The minimum atomic E-state index is -1.14. The van der Waals surface area contributed by atoms with Gasteiger partial charge in [0, 0.05) is 0 Å². The fourth-order valence-electron chi connectivity index (χ4n) is 0.553. The van der Waals surface area contributed by atoms with Crippen molar-refractivity contribution in [1.29, 1.82) is 0 Å². The zero-order chi connectivity index (χ0) is 8.69. The number of ether oxygens (including phenoxy) is 1. The Hall–Kier alpha value is 0.127. The van der Waals surface area contributed by atoms with E-state index < -0.39 is 9.04 Å². The molecule has 0 rings (SSSR count). The van der Waals surface area contributed by atoms with Gasteiger partial charge in [-0.15, -0.1) is 0 Å². The van der Waals surface area contributed by atoms with E-state index in [4.69, 9.17) is 9.53 Å². The monoisotopic (exact) mass is 239 g/mol. The van der Waals surface area contributed by atoms with E-state index in [0.717, 1.165) is 12.5 Å². The minimum absolute atomic E-state index is 0.243. The lowest BCUT2D eigenvalue weighted by atomic mass is 10.5. The third-order valence-electron chi connectivity index (χ3n) is 1.06. The molecule has 1 N–H and O–H groups in total. The molecule has 0 aliphatic heterocycles. The molecule has 5 heteroatoms. The van der Waals surface area contributed by atoms with Gasteiger partial charge >= 0.3 is 5.97 Å². The molecular weight excluding hydrogens is 228 g/mol. The Morgan fingerprint density at radius 1 is 1.73 bits per heavy atom. The van der Waals surface area contributed by atoms with Gasteiger partial charge in [0.1, 0.15) is 5.33 Å². The number of halogens is 1. The van der Waals surface area contributed by atoms with E-state index in [-0.39, 0.29) is 11.3 Å². The Bertz CT molecular complexity index is 118. The van der Waals surface area contributed by atoms with Crippen molar-refractivity contribution in [3.05, 3.63) is 0 Å². The van der Waals surface area contributed by atoms with Gasteiger partial charge in [0.05, 0.1) is 6.61 Å². The molecule has 0 saturated heterocycles. The van der Waals surface area contributed by atoms with Crippen molar-refractivity contribution in [2.24, 2.45) is 0 Å². The number of carbonyl (C=O) groups is 1. The van der Waals surface area contributed by atoms with Gasteiger partial charge in [-0.2, -0.15) is 0 Å². The maximum atomic E-state index is 10.5. The van der Waals surface area contributed by atoms with Crippen LogP contribution < -0.4 is 0 Å². The average molecular weight is 240 g/mol. The first-order valence-corrected chi connectivity index (χ1v) is 6.67. The molecule has 0 aromatic carbocycles. The smallest absolute Gasteiger partial charge is 0.316 e. The van der Waals surface area contributed by atoms with Gasteiger partial charge in [0.2, 0.25) is 9.04 Å². The SMILES string of the molecule is C[Si](O)CCCOC(=O)CBr. The molecule has 3 nitrogen and oxygen atoms in total. The quantitative estimate of drug-likeness (QED) is 0.336. The van der Waals surface area contributed by atoms with Crippen LogP contribution in [0.2, 0.25) is 12.6 Å². The van der Waals surface area contributed by atoms with Crippen LogP contribution in [0.3, 0.4) is 0 Å². The van der Waals surface area contributed by atoms with Crippen LogP contribution >= 0.6 is 15.9 Å². The molecule has 0 heterocycles.